The van der Waals surface area contributed by atoms with Gasteiger partial charge in [0.1, 0.15) is 12.4 Å². The molecule has 2 N–H and O–H groups in total. The van der Waals surface area contributed by atoms with Gasteiger partial charge < -0.3 is 4.74 Å². The average Bonchev–Trinajstić information content (AvgIpc) is 2.61. The molecule has 0 aliphatic rings. The van der Waals surface area contributed by atoms with Crippen LogP contribution in [-0.4, -0.2) is 28.2 Å². The van der Waals surface area contributed by atoms with E-state index in [2.05, 4.69) is 16.0 Å². The fourth-order valence-corrected chi connectivity index (χ4v) is 2.11. The summed E-state index contributed by atoms with van der Waals surface area (Å²) in [6, 6.07) is 11.7. The molecule has 1 heterocycles. The predicted octanol–water partition coefficient (Wildman–Crippen LogP) is 1.13. The largest absolute Gasteiger partial charge is 0.492 e. The number of carbonyl (C=O) groups is 2. The van der Waals surface area contributed by atoms with E-state index in [9.17, 15) is 14.4 Å². The molecule has 0 spiro atoms. The number of hydrogen-bond acceptors (Lipinski definition) is 5. The summed E-state index contributed by atoms with van der Waals surface area (Å²) in [5, 5.41) is 4.00. The molecule has 2 amide bonds. The Morgan fingerprint density at radius 2 is 1.85 bits per heavy atom. The minimum atomic E-state index is -0.597. The van der Waals surface area contributed by atoms with Gasteiger partial charge in [-0.3, -0.25) is 25.2 Å². The summed E-state index contributed by atoms with van der Waals surface area (Å²) in [6.07, 6.45) is 0.296. The third-order valence-electron chi connectivity index (χ3n) is 3.32. The van der Waals surface area contributed by atoms with Crippen LogP contribution in [0.1, 0.15) is 30.8 Å². The van der Waals surface area contributed by atoms with Crippen molar-refractivity contribution in [3.63, 3.8) is 0 Å². The van der Waals surface area contributed by atoms with Crippen molar-refractivity contribution in [3.8, 4) is 5.75 Å². The van der Waals surface area contributed by atoms with E-state index in [0.717, 1.165) is 4.68 Å². The zero-order valence-electron chi connectivity index (χ0n) is 14.8. The van der Waals surface area contributed by atoms with Gasteiger partial charge in [0.25, 0.3) is 11.5 Å². The van der Waals surface area contributed by atoms with Crippen LogP contribution < -0.4 is 21.1 Å². The lowest BCUT2D eigenvalue weighted by molar-refractivity contribution is -0.122. The van der Waals surface area contributed by atoms with E-state index in [1.807, 2.05) is 32.0 Å². The first kappa shape index (κ1) is 19.2. The van der Waals surface area contributed by atoms with Gasteiger partial charge in [-0.2, -0.15) is 5.10 Å². The second kappa shape index (κ2) is 9.36. The number of benzene rings is 1. The number of nitrogens with zero attached hydrogens (tertiary/aromatic N) is 2. The number of aromatic nitrogens is 2. The smallest absolute Gasteiger partial charge is 0.290 e. The van der Waals surface area contributed by atoms with Crippen LogP contribution in [0, 0.1) is 5.92 Å². The maximum Gasteiger partial charge on any atom is 0.290 e. The molecule has 0 radical (unpaired) electrons. The predicted molar refractivity (Wildman–Crippen MR) is 95.5 cm³/mol. The molecule has 8 heteroatoms. The van der Waals surface area contributed by atoms with Gasteiger partial charge >= 0.3 is 0 Å². The average molecular weight is 358 g/mol. The topological polar surface area (TPSA) is 102 Å². The van der Waals surface area contributed by atoms with E-state index in [1.54, 1.807) is 12.1 Å². The number of nitrogens with one attached hydrogen (secondary N) is 2. The maximum absolute atomic E-state index is 12.1. The summed E-state index contributed by atoms with van der Waals surface area (Å²) in [6.45, 7) is 4.22. The van der Waals surface area contributed by atoms with Crippen molar-refractivity contribution in [2.45, 2.75) is 26.8 Å². The Hall–Kier alpha value is -3.16. The van der Waals surface area contributed by atoms with Crippen molar-refractivity contribution in [1.82, 2.24) is 20.6 Å². The Balaban J connectivity index is 1.92. The fraction of sp³-hybridized carbons (Fsp3) is 0.333. The molecule has 8 nitrogen and oxygen atoms in total. The Bertz CT molecular complexity index is 802. The van der Waals surface area contributed by atoms with Crippen LogP contribution in [0.25, 0.3) is 0 Å². The SMILES string of the molecule is CC(C)CC(=O)NNC(=O)c1ccc(=O)n(CCOc2ccccc2)n1. The Morgan fingerprint density at radius 3 is 2.54 bits per heavy atom. The normalized spacial score (nSPS) is 10.4. The molecule has 1 aromatic heterocycles. The van der Waals surface area contributed by atoms with Crippen LogP contribution in [-0.2, 0) is 11.3 Å². The van der Waals surface area contributed by atoms with E-state index >= 15 is 0 Å². The minimum absolute atomic E-state index is 0.0224. The highest BCUT2D eigenvalue weighted by atomic mass is 16.5. The number of para-hydroxylation sites is 1. The van der Waals surface area contributed by atoms with E-state index in [0.29, 0.717) is 12.2 Å². The molecule has 0 unspecified atom stereocenters. The van der Waals surface area contributed by atoms with E-state index in [1.165, 1.54) is 12.1 Å². The molecule has 0 saturated heterocycles. The number of amides is 2. The van der Waals surface area contributed by atoms with Crippen LogP contribution in [0.5, 0.6) is 5.75 Å². The zero-order valence-corrected chi connectivity index (χ0v) is 14.8. The van der Waals surface area contributed by atoms with E-state index < -0.39 is 5.91 Å². The van der Waals surface area contributed by atoms with Gasteiger partial charge in [0.05, 0.1) is 6.54 Å². The van der Waals surface area contributed by atoms with E-state index in [-0.39, 0.29) is 36.2 Å². The van der Waals surface area contributed by atoms with Crippen molar-refractivity contribution in [1.29, 1.82) is 0 Å². The second-order valence-corrected chi connectivity index (χ2v) is 6.04. The van der Waals surface area contributed by atoms with E-state index in [4.69, 9.17) is 4.74 Å². The van der Waals surface area contributed by atoms with Crippen molar-refractivity contribution in [3.05, 3.63) is 58.5 Å². The lowest BCUT2D eigenvalue weighted by atomic mass is 10.1. The molecule has 0 aliphatic heterocycles. The Labute approximate surface area is 151 Å². The summed E-state index contributed by atoms with van der Waals surface area (Å²) in [5.74, 6) is -0.0309. The summed E-state index contributed by atoms with van der Waals surface area (Å²) < 4.78 is 6.67. The standard InChI is InChI=1S/C18H22N4O4/c1-13(2)12-16(23)19-20-18(25)15-8-9-17(24)22(21-15)10-11-26-14-6-4-3-5-7-14/h3-9,13H,10-12H2,1-2H3,(H,19,23)(H,20,25). The number of hydrazine groups is 1. The summed E-state index contributed by atoms with van der Waals surface area (Å²) in [5.41, 5.74) is 4.28. The Morgan fingerprint density at radius 1 is 1.12 bits per heavy atom. The lowest BCUT2D eigenvalue weighted by Crippen LogP contribution is -2.43. The van der Waals surface area contributed by atoms with Gasteiger partial charge in [-0.25, -0.2) is 4.68 Å². The summed E-state index contributed by atoms with van der Waals surface area (Å²) in [4.78, 5) is 35.5. The summed E-state index contributed by atoms with van der Waals surface area (Å²) in [7, 11) is 0. The van der Waals surface area contributed by atoms with Gasteiger partial charge in [0.15, 0.2) is 5.69 Å². The van der Waals surface area contributed by atoms with Crippen molar-refractivity contribution >= 4 is 11.8 Å². The number of rotatable bonds is 7. The first-order chi connectivity index (χ1) is 12.5. The van der Waals surface area contributed by atoms with Gasteiger partial charge in [0, 0.05) is 12.5 Å². The third-order valence-corrected chi connectivity index (χ3v) is 3.32. The van der Waals surface area contributed by atoms with Crippen molar-refractivity contribution in [2.75, 3.05) is 6.61 Å². The quantitative estimate of drug-likeness (QED) is 0.723. The molecule has 26 heavy (non-hydrogen) atoms. The van der Waals surface area contributed by atoms with Crippen LogP contribution in [0.2, 0.25) is 0 Å². The van der Waals surface area contributed by atoms with Crippen LogP contribution in [0.15, 0.2) is 47.3 Å². The number of ether oxygens (including phenoxy) is 1. The Kier molecular flexibility index (Phi) is 6.90. The molecular formula is C18H22N4O4. The monoisotopic (exact) mass is 358 g/mol. The fourth-order valence-electron chi connectivity index (χ4n) is 2.11. The zero-order chi connectivity index (χ0) is 18.9. The molecule has 0 bridgehead atoms. The molecule has 0 saturated carbocycles. The number of hydrogen-bond donors (Lipinski definition) is 2. The maximum atomic E-state index is 12.1. The molecule has 0 fully saturated rings. The molecule has 0 aliphatic carbocycles. The second-order valence-electron chi connectivity index (χ2n) is 6.04. The molecular weight excluding hydrogens is 336 g/mol. The van der Waals surface area contributed by atoms with Crippen molar-refractivity contribution < 1.29 is 14.3 Å². The van der Waals surface area contributed by atoms with Crippen LogP contribution in [0.4, 0.5) is 0 Å². The molecule has 138 valence electrons. The van der Waals surface area contributed by atoms with Gasteiger partial charge in [-0.05, 0) is 24.1 Å². The lowest BCUT2D eigenvalue weighted by Gasteiger charge is -2.10. The first-order valence-electron chi connectivity index (χ1n) is 8.31. The van der Waals surface area contributed by atoms with Crippen molar-refractivity contribution in [2.24, 2.45) is 5.92 Å². The molecule has 0 atom stereocenters. The highest BCUT2D eigenvalue weighted by molar-refractivity contribution is 5.93. The van der Waals surface area contributed by atoms with Crippen LogP contribution in [0.3, 0.4) is 0 Å². The molecule has 2 aromatic rings. The first-order valence-corrected chi connectivity index (χ1v) is 8.31. The minimum Gasteiger partial charge on any atom is -0.492 e. The third kappa shape index (κ3) is 6.04. The van der Waals surface area contributed by atoms with Gasteiger partial charge in [-0.1, -0.05) is 32.0 Å². The summed E-state index contributed by atoms with van der Waals surface area (Å²) >= 11 is 0. The van der Waals surface area contributed by atoms with Gasteiger partial charge in [-0.15, -0.1) is 0 Å². The van der Waals surface area contributed by atoms with Gasteiger partial charge in [0.2, 0.25) is 5.91 Å². The highest BCUT2D eigenvalue weighted by Gasteiger charge is 2.11. The molecule has 2 rings (SSSR count). The molecule has 1 aromatic carbocycles. The highest BCUT2D eigenvalue weighted by Crippen LogP contribution is 2.07. The van der Waals surface area contributed by atoms with Crippen LogP contribution >= 0.6 is 0 Å². The number of carbonyl (C=O) groups excluding carboxylic acids is 2.